The number of rotatable bonds is 9. The second-order valence-corrected chi connectivity index (χ2v) is 7.82. The van der Waals surface area contributed by atoms with Gasteiger partial charge in [0.2, 0.25) is 5.91 Å². The first-order valence-corrected chi connectivity index (χ1v) is 11.3. The molecule has 7 heteroatoms. The zero-order chi connectivity index (χ0) is 23.6. The minimum atomic E-state index is -0.281. The molecule has 1 aliphatic rings. The van der Waals surface area contributed by atoms with E-state index >= 15 is 0 Å². The first-order valence-electron chi connectivity index (χ1n) is 11.3. The maximum Gasteiger partial charge on any atom is 0.254 e. The summed E-state index contributed by atoms with van der Waals surface area (Å²) in [6.45, 7) is 6.82. The summed E-state index contributed by atoms with van der Waals surface area (Å²) in [7, 11) is 1.59. The third-order valence-electron chi connectivity index (χ3n) is 5.49. The topological polar surface area (TPSA) is 77.1 Å². The van der Waals surface area contributed by atoms with Gasteiger partial charge in [-0.3, -0.25) is 9.59 Å². The number of carbonyl (C=O) groups excluding carboxylic acids is 2. The predicted molar refractivity (Wildman–Crippen MR) is 129 cm³/mol. The van der Waals surface area contributed by atoms with E-state index in [0.29, 0.717) is 55.7 Å². The van der Waals surface area contributed by atoms with Gasteiger partial charge in [-0.25, -0.2) is 0 Å². The van der Waals surface area contributed by atoms with E-state index in [0.717, 1.165) is 24.0 Å². The third-order valence-corrected chi connectivity index (χ3v) is 5.49. The van der Waals surface area contributed by atoms with Gasteiger partial charge in [0.15, 0.2) is 11.5 Å². The molecule has 2 aromatic rings. The number of ether oxygens (including phenoxy) is 3. The van der Waals surface area contributed by atoms with E-state index in [4.69, 9.17) is 14.2 Å². The van der Waals surface area contributed by atoms with Crippen molar-refractivity contribution in [1.82, 2.24) is 4.90 Å². The van der Waals surface area contributed by atoms with Crippen molar-refractivity contribution < 1.29 is 23.8 Å². The molecule has 0 spiro atoms. The number of amides is 2. The molecule has 3 rings (SSSR count). The minimum absolute atomic E-state index is 0.0456. The summed E-state index contributed by atoms with van der Waals surface area (Å²) in [4.78, 5) is 27.2. The van der Waals surface area contributed by atoms with E-state index in [1.807, 2.05) is 25.1 Å². The van der Waals surface area contributed by atoms with Gasteiger partial charge in [0.25, 0.3) is 5.91 Å². The number of hydrogen-bond acceptors (Lipinski definition) is 5. The van der Waals surface area contributed by atoms with Crippen LogP contribution in [0.25, 0.3) is 6.08 Å². The second kappa shape index (κ2) is 12.1. The summed E-state index contributed by atoms with van der Waals surface area (Å²) in [5.41, 5.74) is 2.76. The van der Waals surface area contributed by atoms with E-state index in [-0.39, 0.29) is 11.8 Å². The average molecular weight is 453 g/mol. The van der Waals surface area contributed by atoms with Crippen LogP contribution in [0, 0.1) is 6.92 Å². The van der Waals surface area contributed by atoms with Crippen LogP contribution in [0.3, 0.4) is 0 Å². The molecule has 0 atom stereocenters. The Kier molecular flexibility index (Phi) is 8.89. The number of hydrogen-bond donors (Lipinski definition) is 1. The average Bonchev–Trinajstić information content (AvgIpc) is 2.84. The van der Waals surface area contributed by atoms with Crippen molar-refractivity contribution in [1.29, 1.82) is 0 Å². The summed E-state index contributed by atoms with van der Waals surface area (Å²) in [5, 5.41) is 2.88. The van der Waals surface area contributed by atoms with E-state index < -0.39 is 0 Å². The van der Waals surface area contributed by atoms with Gasteiger partial charge in [0.1, 0.15) is 0 Å². The highest BCUT2D eigenvalue weighted by Gasteiger charge is 2.21. The number of morpholine rings is 1. The quantitative estimate of drug-likeness (QED) is 0.453. The van der Waals surface area contributed by atoms with Gasteiger partial charge in [0.05, 0.1) is 26.9 Å². The van der Waals surface area contributed by atoms with E-state index in [9.17, 15) is 9.59 Å². The molecule has 2 aromatic carbocycles. The Bertz CT molecular complexity index is 996. The number of anilines is 1. The van der Waals surface area contributed by atoms with Crippen LogP contribution in [-0.4, -0.2) is 56.7 Å². The molecule has 0 aromatic heterocycles. The van der Waals surface area contributed by atoms with Gasteiger partial charge in [-0.2, -0.15) is 0 Å². The molecule has 0 saturated carbocycles. The van der Waals surface area contributed by atoms with Gasteiger partial charge in [-0.1, -0.05) is 25.5 Å². The van der Waals surface area contributed by atoms with Crippen LogP contribution < -0.4 is 14.8 Å². The maximum absolute atomic E-state index is 12.9. The first kappa shape index (κ1) is 24.3. The van der Waals surface area contributed by atoms with Crippen LogP contribution in [0.15, 0.2) is 42.5 Å². The molecule has 176 valence electrons. The summed E-state index contributed by atoms with van der Waals surface area (Å²) in [6.07, 6.45) is 5.21. The van der Waals surface area contributed by atoms with Crippen molar-refractivity contribution in [3.8, 4) is 11.5 Å². The van der Waals surface area contributed by atoms with Gasteiger partial charge in [0, 0.05) is 30.4 Å². The molecule has 0 bridgehead atoms. The van der Waals surface area contributed by atoms with Crippen LogP contribution in [0.4, 0.5) is 5.69 Å². The number of nitrogens with zero attached hydrogens (tertiary/aromatic N) is 1. The summed E-state index contributed by atoms with van der Waals surface area (Å²) in [6, 6.07) is 10.9. The van der Waals surface area contributed by atoms with Crippen molar-refractivity contribution in [3.63, 3.8) is 0 Å². The fourth-order valence-electron chi connectivity index (χ4n) is 3.52. The maximum atomic E-state index is 12.9. The lowest BCUT2D eigenvalue weighted by molar-refractivity contribution is -0.111. The molecule has 1 saturated heterocycles. The Hall–Kier alpha value is -3.32. The van der Waals surface area contributed by atoms with Gasteiger partial charge >= 0.3 is 0 Å². The molecule has 0 unspecified atom stereocenters. The SMILES string of the molecule is CCCCOc1ccc(C=CC(=O)Nc2cccc(C(=O)N3CCOCC3)c2C)cc1OC. The zero-order valence-electron chi connectivity index (χ0n) is 19.6. The Morgan fingerprint density at radius 1 is 1.15 bits per heavy atom. The minimum Gasteiger partial charge on any atom is -0.493 e. The third kappa shape index (κ3) is 6.58. The van der Waals surface area contributed by atoms with Crippen molar-refractivity contribution in [2.24, 2.45) is 0 Å². The van der Waals surface area contributed by atoms with Crippen molar-refractivity contribution in [2.75, 3.05) is 45.3 Å². The molecule has 1 fully saturated rings. The lowest BCUT2D eigenvalue weighted by Gasteiger charge is -2.27. The molecule has 1 heterocycles. The Morgan fingerprint density at radius 3 is 2.67 bits per heavy atom. The highest BCUT2D eigenvalue weighted by Crippen LogP contribution is 2.29. The number of carbonyl (C=O) groups is 2. The number of nitrogens with one attached hydrogen (secondary N) is 1. The molecule has 2 amide bonds. The predicted octanol–water partition coefficient (Wildman–Crippen LogP) is 4.31. The van der Waals surface area contributed by atoms with E-state index in [1.54, 1.807) is 36.3 Å². The van der Waals surface area contributed by atoms with Crippen molar-refractivity contribution in [2.45, 2.75) is 26.7 Å². The molecule has 1 N–H and O–H groups in total. The van der Waals surface area contributed by atoms with Crippen molar-refractivity contribution in [3.05, 3.63) is 59.2 Å². The van der Waals surface area contributed by atoms with Crippen LogP contribution in [0.1, 0.15) is 41.3 Å². The highest BCUT2D eigenvalue weighted by atomic mass is 16.5. The zero-order valence-corrected chi connectivity index (χ0v) is 19.6. The fraction of sp³-hybridized carbons (Fsp3) is 0.385. The monoisotopic (exact) mass is 452 g/mol. The normalized spacial score (nSPS) is 13.7. The highest BCUT2D eigenvalue weighted by molar-refractivity contribution is 6.04. The standard InChI is InChI=1S/C26H32N2O5/c1-4-5-15-33-23-11-9-20(18-24(23)31-3)10-12-25(29)27-22-8-6-7-21(19(22)2)26(30)28-13-16-32-17-14-28/h6-12,18H,4-5,13-17H2,1-3H3,(H,27,29). The molecule has 33 heavy (non-hydrogen) atoms. The van der Waals surface area contributed by atoms with Gasteiger partial charge in [-0.05, 0) is 54.8 Å². The fourth-order valence-corrected chi connectivity index (χ4v) is 3.52. The summed E-state index contributed by atoms with van der Waals surface area (Å²) in [5.74, 6) is 0.982. The summed E-state index contributed by atoms with van der Waals surface area (Å²) >= 11 is 0. The molecule has 1 aliphatic heterocycles. The van der Waals surface area contributed by atoms with Gasteiger partial charge in [-0.15, -0.1) is 0 Å². The number of benzene rings is 2. The van der Waals surface area contributed by atoms with Crippen LogP contribution in [0.5, 0.6) is 11.5 Å². The van der Waals surface area contributed by atoms with Crippen LogP contribution >= 0.6 is 0 Å². The van der Waals surface area contributed by atoms with E-state index in [2.05, 4.69) is 12.2 Å². The van der Waals surface area contributed by atoms with Gasteiger partial charge < -0.3 is 24.4 Å². The molecule has 0 aliphatic carbocycles. The molecule has 7 nitrogen and oxygen atoms in total. The molecular weight excluding hydrogens is 420 g/mol. The lowest BCUT2D eigenvalue weighted by atomic mass is 10.0. The summed E-state index contributed by atoms with van der Waals surface area (Å²) < 4.78 is 16.5. The number of unbranched alkanes of at least 4 members (excludes halogenated alkanes) is 1. The van der Waals surface area contributed by atoms with Crippen molar-refractivity contribution >= 4 is 23.6 Å². The second-order valence-electron chi connectivity index (χ2n) is 7.82. The molecular formula is C26H32N2O5. The van der Waals surface area contributed by atoms with E-state index in [1.165, 1.54) is 6.08 Å². The smallest absolute Gasteiger partial charge is 0.254 e. The largest absolute Gasteiger partial charge is 0.493 e. The Balaban J connectivity index is 1.66. The lowest BCUT2D eigenvalue weighted by Crippen LogP contribution is -2.41. The number of methoxy groups -OCH3 is 1. The Morgan fingerprint density at radius 2 is 1.94 bits per heavy atom. The first-order chi connectivity index (χ1) is 16.0. The van der Waals surface area contributed by atoms with Crippen LogP contribution in [0.2, 0.25) is 0 Å². The molecule has 0 radical (unpaired) electrons. The van der Waals surface area contributed by atoms with Crippen LogP contribution in [-0.2, 0) is 9.53 Å². The Labute approximate surface area is 195 Å².